The van der Waals surface area contributed by atoms with E-state index >= 15 is 0 Å². The molecule has 2 unspecified atom stereocenters. The van der Waals surface area contributed by atoms with E-state index < -0.39 is 17.8 Å². The summed E-state index contributed by atoms with van der Waals surface area (Å²) >= 11 is 0. The molecule has 0 bridgehead atoms. The first kappa shape index (κ1) is 24.9. The average molecular weight is 456 g/mol. The molecule has 1 heterocycles. The summed E-state index contributed by atoms with van der Waals surface area (Å²) in [6.07, 6.45) is -0.647. The topological polar surface area (TPSA) is 66.0 Å². The van der Waals surface area contributed by atoms with Crippen LogP contribution < -0.4 is 14.8 Å². The van der Waals surface area contributed by atoms with Gasteiger partial charge in [0.25, 0.3) is 0 Å². The van der Waals surface area contributed by atoms with E-state index in [1.54, 1.807) is 7.11 Å². The smallest absolute Gasteiger partial charge is 0.306 e. The van der Waals surface area contributed by atoms with E-state index in [1.807, 2.05) is 84.0 Å². The van der Waals surface area contributed by atoms with E-state index in [0.717, 1.165) is 28.3 Å². The Labute approximate surface area is 197 Å². The van der Waals surface area contributed by atoms with Gasteiger partial charge < -0.3 is 24.3 Å². The van der Waals surface area contributed by atoms with Crippen LogP contribution in [0, 0.1) is 5.41 Å². The van der Waals surface area contributed by atoms with Gasteiger partial charge in [0.15, 0.2) is 6.10 Å². The van der Waals surface area contributed by atoms with Crippen molar-refractivity contribution in [1.29, 1.82) is 0 Å². The predicted molar refractivity (Wildman–Crippen MR) is 130 cm³/mol. The van der Waals surface area contributed by atoms with Gasteiger partial charge >= 0.3 is 5.97 Å². The Balaban J connectivity index is 1.82. The highest BCUT2D eigenvalue weighted by molar-refractivity contribution is 5.70. The first-order valence-corrected chi connectivity index (χ1v) is 11.5. The zero-order valence-electron chi connectivity index (χ0n) is 20.9. The average Bonchev–Trinajstić information content (AvgIpc) is 2.74. The standard InChI is InChI=1S/C27H37NO5/c1-8-31-24-21-15-19(28-17-18-9-12-20(30-7)13-10-18)11-14-22(21)33-27(5,6)25(24)32-23(29)16-26(2,3)4/h9-15,24-25,28H,8,16-17H2,1-7H3. The third-order valence-electron chi connectivity index (χ3n) is 5.58. The van der Waals surface area contributed by atoms with Crippen molar-refractivity contribution in [1.82, 2.24) is 0 Å². The van der Waals surface area contributed by atoms with Crippen molar-refractivity contribution in [3.8, 4) is 11.5 Å². The first-order chi connectivity index (χ1) is 15.5. The van der Waals surface area contributed by atoms with E-state index in [1.165, 1.54) is 0 Å². The Kier molecular flexibility index (Phi) is 7.58. The maximum Gasteiger partial charge on any atom is 0.306 e. The molecule has 0 fully saturated rings. The summed E-state index contributed by atoms with van der Waals surface area (Å²) in [6, 6.07) is 13.9. The summed E-state index contributed by atoms with van der Waals surface area (Å²) in [6.45, 7) is 13.0. The number of carbonyl (C=O) groups is 1. The maximum absolute atomic E-state index is 12.7. The molecule has 0 saturated carbocycles. The minimum atomic E-state index is -0.724. The van der Waals surface area contributed by atoms with Gasteiger partial charge in [-0.15, -0.1) is 0 Å². The Bertz CT molecular complexity index is 946. The number of fused-ring (bicyclic) bond motifs is 1. The highest BCUT2D eigenvalue weighted by atomic mass is 16.6. The number of hydrogen-bond acceptors (Lipinski definition) is 6. The second-order valence-corrected chi connectivity index (χ2v) is 10.2. The van der Waals surface area contributed by atoms with E-state index in [-0.39, 0.29) is 11.4 Å². The number of rotatable bonds is 8. The molecule has 3 rings (SSSR count). The molecule has 0 amide bonds. The second-order valence-electron chi connectivity index (χ2n) is 10.2. The molecule has 1 N–H and O–H groups in total. The van der Waals surface area contributed by atoms with Crippen LogP contribution in [0.4, 0.5) is 5.69 Å². The van der Waals surface area contributed by atoms with Crippen LogP contribution in [0.3, 0.4) is 0 Å². The van der Waals surface area contributed by atoms with Crippen LogP contribution in [0.5, 0.6) is 11.5 Å². The summed E-state index contributed by atoms with van der Waals surface area (Å²) in [5.41, 5.74) is 2.08. The molecule has 2 aromatic carbocycles. The van der Waals surface area contributed by atoms with Crippen molar-refractivity contribution in [2.75, 3.05) is 19.0 Å². The Hall–Kier alpha value is -2.73. The van der Waals surface area contributed by atoms with Crippen LogP contribution >= 0.6 is 0 Å². The van der Waals surface area contributed by atoms with Crippen LogP contribution in [-0.2, 0) is 20.8 Å². The molecule has 0 aromatic heterocycles. The zero-order valence-corrected chi connectivity index (χ0v) is 20.9. The normalized spacial score (nSPS) is 19.2. The van der Waals surface area contributed by atoms with E-state index in [4.69, 9.17) is 18.9 Å². The van der Waals surface area contributed by atoms with Gasteiger partial charge in [0.05, 0.1) is 13.5 Å². The molecule has 2 atom stereocenters. The van der Waals surface area contributed by atoms with Crippen molar-refractivity contribution < 1.29 is 23.7 Å². The van der Waals surface area contributed by atoms with Gasteiger partial charge in [0, 0.05) is 24.4 Å². The number of benzene rings is 2. The quantitative estimate of drug-likeness (QED) is 0.500. The van der Waals surface area contributed by atoms with Gasteiger partial charge in [-0.2, -0.15) is 0 Å². The second kappa shape index (κ2) is 10.0. The molecule has 6 heteroatoms. The molecule has 180 valence electrons. The number of esters is 1. The molecule has 0 radical (unpaired) electrons. The first-order valence-electron chi connectivity index (χ1n) is 11.5. The summed E-state index contributed by atoms with van der Waals surface area (Å²) in [5, 5.41) is 3.46. The van der Waals surface area contributed by atoms with Gasteiger partial charge in [-0.3, -0.25) is 4.79 Å². The van der Waals surface area contributed by atoms with Gasteiger partial charge in [0.1, 0.15) is 23.2 Å². The molecule has 1 aliphatic rings. The zero-order chi connectivity index (χ0) is 24.2. The van der Waals surface area contributed by atoms with Crippen molar-refractivity contribution in [3.63, 3.8) is 0 Å². The molecule has 0 spiro atoms. The fourth-order valence-corrected chi connectivity index (χ4v) is 3.97. The van der Waals surface area contributed by atoms with Crippen LogP contribution in [0.25, 0.3) is 0 Å². The van der Waals surface area contributed by atoms with Crippen LogP contribution in [0.1, 0.15) is 65.2 Å². The van der Waals surface area contributed by atoms with Crippen molar-refractivity contribution in [3.05, 3.63) is 53.6 Å². The largest absolute Gasteiger partial charge is 0.497 e. The van der Waals surface area contributed by atoms with E-state index in [0.29, 0.717) is 19.6 Å². The number of hydrogen-bond donors (Lipinski definition) is 1. The molecule has 6 nitrogen and oxygen atoms in total. The summed E-state index contributed by atoms with van der Waals surface area (Å²) < 4.78 is 23.6. The van der Waals surface area contributed by atoms with Gasteiger partial charge in [-0.1, -0.05) is 32.9 Å². The lowest BCUT2D eigenvalue weighted by molar-refractivity contribution is -0.185. The van der Waals surface area contributed by atoms with E-state index in [9.17, 15) is 4.79 Å². The fourth-order valence-electron chi connectivity index (χ4n) is 3.97. The lowest BCUT2D eigenvalue weighted by atomic mass is 9.87. The predicted octanol–water partition coefficient (Wildman–Crippen LogP) is 5.90. The van der Waals surface area contributed by atoms with Crippen LogP contribution in [0.15, 0.2) is 42.5 Å². The molecule has 0 saturated heterocycles. The van der Waals surface area contributed by atoms with Crippen LogP contribution in [-0.4, -0.2) is 31.4 Å². The summed E-state index contributed by atoms with van der Waals surface area (Å²) in [7, 11) is 1.66. The molecule has 0 aliphatic carbocycles. The Morgan fingerprint density at radius 3 is 2.42 bits per heavy atom. The highest BCUT2D eigenvalue weighted by Crippen LogP contribution is 2.44. The fraction of sp³-hybridized carbons (Fsp3) is 0.519. The molecular formula is C27H37NO5. The third-order valence-corrected chi connectivity index (χ3v) is 5.58. The monoisotopic (exact) mass is 455 g/mol. The molecular weight excluding hydrogens is 418 g/mol. The number of ether oxygens (including phenoxy) is 4. The highest BCUT2D eigenvalue weighted by Gasteiger charge is 2.47. The Morgan fingerprint density at radius 1 is 1.12 bits per heavy atom. The third kappa shape index (κ3) is 6.41. The lowest BCUT2D eigenvalue weighted by Crippen LogP contribution is -2.52. The van der Waals surface area contributed by atoms with Crippen molar-refractivity contribution >= 4 is 11.7 Å². The number of carbonyl (C=O) groups excluding carboxylic acids is 1. The number of methoxy groups -OCH3 is 1. The minimum absolute atomic E-state index is 0.158. The lowest BCUT2D eigenvalue weighted by Gasteiger charge is -2.44. The van der Waals surface area contributed by atoms with Crippen LogP contribution in [0.2, 0.25) is 0 Å². The SMILES string of the molecule is CCOC1c2cc(NCc3ccc(OC)cc3)ccc2OC(C)(C)C1OC(=O)CC(C)(C)C. The maximum atomic E-state index is 12.7. The number of anilines is 1. The Morgan fingerprint density at radius 2 is 1.82 bits per heavy atom. The van der Waals surface area contributed by atoms with Gasteiger partial charge in [-0.05, 0) is 62.1 Å². The number of nitrogens with one attached hydrogen (secondary N) is 1. The van der Waals surface area contributed by atoms with Gasteiger partial charge in [0.2, 0.25) is 0 Å². The molecule has 33 heavy (non-hydrogen) atoms. The van der Waals surface area contributed by atoms with Gasteiger partial charge in [-0.25, -0.2) is 0 Å². The minimum Gasteiger partial charge on any atom is -0.497 e. The summed E-state index contributed by atoms with van der Waals surface area (Å²) in [5.74, 6) is 1.33. The molecule has 2 aromatic rings. The van der Waals surface area contributed by atoms with E-state index in [2.05, 4.69) is 5.32 Å². The van der Waals surface area contributed by atoms with Crippen molar-refractivity contribution in [2.24, 2.45) is 5.41 Å². The summed E-state index contributed by atoms with van der Waals surface area (Å²) in [4.78, 5) is 12.7. The van der Waals surface area contributed by atoms with Crippen molar-refractivity contribution in [2.45, 2.75) is 72.3 Å². The molecule has 1 aliphatic heterocycles.